The van der Waals surface area contributed by atoms with E-state index in [4.69, 9.17) is 9.26 Å². The lowest BCUT2D eigenvalue weighted by Gasteiger charge is -2.24. The molecule has 1 aliphatic rings. The number of carbonyl (C=O) groups excluding carboxylic acids is 1. The van der Waals surface area contributed by atoms with E-state index in [-0.39, 0.29) is 5.91 Å². The second-order valence-corrected chi connectivity index (χ2v) is 8.46. The molecular formula is C26H30FN3O3. The SMILES string of the molecule is COCCCN(Cc1c(-c2cccc(C)c2)noc1N1CCCC1)C(=O)c1cccc(F)c1. The minimum atomic E-state index is -0.430. The van der Waals surface area contributed by atoms with E-state index in [1.807, 2.05) is 25.1 Å². The lowest BCUT2D eigenvalue weighted by atomic mass is 10.0. The van der Waals surface area contributed by atoms with Gasteiger partial charge in [-0.3, -0.25) is 4.79 Å². The molecule has 1 saturated heterocycles. The van der Waals surface area contributed by atoms with E-state index in [1.165, 1.54) is 12.1 Å². The van der Waals surface area contributed by atoms with Crippen LogP contribution in [0.2, 0.25) is 0 Å². The first-order chi connectivity index (χ1) is 16.1. The highest BCUT2D eigenvalue weighted by molar-refractivity contribution is 5.94. The van der Waals surface area contributed by atoms with Crippen molar-refractivity contribution in [3.63, 3.8) is 0 Å². The number of halogens is 1. The van der Waals surface area contributed by atoms with Crippen molar-refractivity contribution in [3.8, 4) is 11.3 Å². The molecule has 1 fully saturated rings. The average Bonchev–Trinajstić information content (AvgIpc) is 3.48. The Morgan fingerprint density at radius 2 is 1.97 bits per heavy atom. The second-order valence-electron chi connectivity index (χ2n) is 8.46. The number of aromatic nitrogens is 1. The van der Waals surface area contributed by atoms with Crippen LogP contribution in [0.1, 0.15) is 40.7 Å². The van der Waals surface area contributed by atoms with E-state index in [0.29, 0.717) is 37.6 Å². The van der Waals surface area contributed by atoms with Gasteiger partial charge in [-0.25, -0.2) is 4.39 Å². The van der Waals surface area contributed by atoms with E-state index < -0.39 is 5.82 Å². The summed E-state index contributed by atoms with van der Waals surface area (Å²) in [5.41, 5.74) is 4.02. The van der Waals surface area contributed by atoms with Crippen molar-refractivity contribution >= 4 is 11.8 Å². The molecule has 0 bridgehead atoms. The number of hydrogen-bond acceptors (Lipinski definition) is 5. The summed E-state index contributed by atoms with van der Waals surface area (Å²) in [6.07, 6.45) is 2.86. The maximum atomic E-state index is 13.8. The standard InChI is InChI=1S/C26H30FN3O3/c1-19-8-5-9-20(16-19)24-23(26(33-28-24)29-12-3-4-13-29)18-30(14-7-15-32-2)25(31)21-10-6-11-22(27)17-21/h5-6,8-11,16-17H,3-4,7,12-15,18H2,1-2H3. The zero-order chi connectivity index (χ0) is 23.2. The molecule has 33 heavy (non-hydrogen) atoms. The summed E-state index contributed by atoms with van der Waals surface area (Å²) in [7, 11) is 1.64. The van der Waals surface area contributed by atoms with E-state index in [1.54, 1.807) is 24.1 Å². The molecular weight excluding hydrogens is 421 g/mol. The normalized spacial score (nSPS) is 13.5. The fourth-order valence-electron chi connectivity index (χ4n) is 4.28. The van der Waals surface area contributed by atoms with Gasteiger partial charge in [0, 0.05) is 44.5 Å². The maximum Gasteiger partial charge on any atom is 0.254 e. The fourth-order valence-corrected chi connectivity index (χ4v) is 4.28. The van der Waals surface area contributed by atoms with Crippen LogP contribution in [0.4, 0.5) is 10.3 Å². The van der Waals surface area contributed by atoms with Gasteiger partial charge in [0.1, 0.15) is 11.5 Å². The lowest BCUT2D eigenvalue weighted by molar-refractivity contribution is 0.0723. The van der Waals surface area contributed by atoms with E-state index in [9.17, 15) is 9.18 Å². The zero-order valence-corrected chi connectivity index (χ0v) is 19.2. The van der Waals surface area contributed by atoms with Crippen molar-refractivity contribution in [2.24, 2.45) is 0 Å². The minimum absolute atomic E-state index is 0.227. The largest absolute Gasteiger partial charge is 0.385 e. The molecule has 174 valence electrons. The Labute approximate surface area is 193 Å². The molecule has 0 unspecified atom stereocenters. The predicted octanol–water partition coefficient (Wildman–Crippen LogP) is 5.07. The summed E-state index contributed by atoms with van der Waals surface area (Å²) in [5, 5.41) is 4.43. The van der Waals surface area contributed by atoms with Crippen molar-refractivity contribution in [2.45, 2.75) is 32.7 Å². The van der Waals surface area contributed by atoms with Crippen LogP contribution in [0.3, 0.4) is 0 Å². The molecule has 1 aromatic heterocycles. The molecule has 2 aromatic carbocycles. The molecule has 0 radical (unpaired) electrons. The molecule has 0 N–H and O–H groups in total. The van der Waals surface area contributed by atoms with Gasteiger partial charge in [0.15, 0.2) is 0 Å². The van der Waals surface area contributed by atoms with Gasteiger partial charge < -0.3 is 19.1 Å². The van der Waals surface area contributed by atoms with Crippen molar-refractivity contribution in [1.29, 1.82) is 0 Å². The van der Waals surface area contributed by atoms with Crippen molar-refractivity contribution < 1.29 is 18.4 Å². The second kappa shape index (κ2) is 10.6. The molecule has 0 atom stereocenters. The third-order valence-corrected chi connectivity index (χ3v) is 5.94. The smallest absolute Gasteiger partial charge is 0.254 e. The highest BCUT2D eigenvalue weighted by Crippen LogP contribution is 2.34. The Hall–Kier alpha value is -3.19. The van der Waals surface area contributed by atoms with E-state index in [0.717, 1.165) is 48.3 Å². The highest BCUT2D eigenvalue weighted by atomic mass is 19.1. The first-order valence-electron chi connectivity index (χ1n) is 11.4. The summed E-state index contributed by atoms with van der Waals surface area (Å²) < 4.78 is 24.9. The molecule has 0 saturated carbocycles. The molecule has 2 heterocycles. The summed E-state index contributed by atoms with van der Waals surface area (Å²) in [6, 6.07) is 13.9. The molecule has 1 amide bonds. The number of methoxy groups -OCH3 is 1. The van der Waals surface area contributed by atoms with E-state index >= 15 is 0 Å². The number of aryl methyl sites for hydroxylation is 1. The quantitative estimate of drug-likeness (QED) is 0.425. The first-order valence-corrected chi connectivity index (χ1v) is 11.4. The molecule has 1 aliphatic heterocycles. The van der Waals surface area contributed by atoms with Gasteiger partial charge in [0.2, 0.25) is 5.88 Å². The van der Waals surface area contributed by atoms with Crippen LogP contribution < -0.4 is 4.90 Å². The number of benzene rings is 2. The topological polar surface area (TPSA) is 58.8 Å². The molecule has 3 aromatic rings. The lowest BCUT2D eigenvalue weighted by Crippen LogP contribution is -2.33. The van der Waals surface area contributed by atoms with Crippen LogP contribution in [0.15, 0.2) is 53.1 Å². The maximum absolute atomic E-state index is 13.8. The molecule has 0 aliphatic carbocycles. The van der Waals surface area contributed by atoms with Crippen molar-refractivity contribution in [3.05, 3.63) is 71.0 Å². The van der Waals surface area contributed by atoms with Crippen LogP contribution in [-0.4, -0.2) is 49.3 Å². The van der Waals surface area contributed by atoms with Crippen molar-refractivity contribution in [1.82, 2.24) is 10.1 Å². The van der Waals surface area contributed by atoms with Crippen LogP contribution >= 0.6 is 0 Å². The Morgan fingerprint density at radius 1 is 1.18 bits per heavy atom. The zero-order valence-electron chi connectivity index (χ0n) is 19.2. The molecule has 6 nitrogen and oxygen atoms in total. The monoisotopic (exact) mass is 451 g/mol. The summed E-state index contributed by atoms with van der Waals surface area (Å²) in [5.74, 6) is 0.0584. The Kier molecular flexibility index (Phi) is 7.40. The Morgan fingerprint density at radius 3 is 2.70 bits per heavy atom. The third kappa shape index (κ3) is 5.42. The highest BCUT2D eigenvalue weighted by Gasteiger charge is 2.28. The third-order valence-electron chi connectivity index (χ3n) is 5.94. The Bertz CT molecular complexity index is 1090. The van der Waals surface area contributed by atoms with Gasteiger partial charge in [-0.05, 0) is 50.5 Å². The molecule has 4 rings (SSSR count). The van der Waals surface area contributed by atoms with Gasteiger partial charge in [-0.1, -0.05) is 35.0 Å². The summed E-state index contributed by atoms with van der Waals surface area (Å²) in [4.78, 5) is 17.3. The molecule has 7 heteroatoms. The van der Waals surface area contributed by atoms with Crippen LogP contribution in [0.25, 0.3) is 11.3 Å². The number of carbonyl (C=O) groups is 1. The number of hydrogen-bond donors (Lipinski definition) is 0. The van der Waals surface area contributed by atoms with Gasteiger partial charge in [0.05, 0.1) is 12.1 Å². The number of anilines is 1. The van der Waals surface area contributed by atoms with Gasteiger partial charge in [-0.15, -0.1) is 0 Å². The van der Waals surface area contributed by atoms with Gasteiger partial charge in [-0.2, -0.15) is 0 Å². The van der Waals surface area contributed by atoms with Crippen LogP contribution in [0, 0.1) is 12.7 Å². The van der Waals surface area contributed by atoms with Crippen molar-refractivity contribution in [2.75, 3.05) is 38.3 Å². The van der Waals surface area contributed by atoms with E-state index in [2.05, 4.69) is 16.1 Å². The fraction of sp³-hybridized carbons (Fsp3) is 0.385. The molecule has 0 spiro atoms. The van der Waals surface area contributed by atoms with Gasteiger partial charge >= 0.3 is 0 Å². The van der Waals surface area contributed by atoms with Gasteiger partial charge in [0.25, 0.3) is 5.91 Å². The number of rotatable bonds is 9. The summed E-state index contributed by atoms with van der Waals surface area (Å²) >= 11 is 0. The minimum Gasteiger partial charge on any atom is -0.385 e. The number of nitrogens with zero attached hydrogens (tertiary/aromatic N) is 3. The predicted molar refractivity (Wildman–Crippen MR) is 126 cm³/mol. The van der Waals surface area contributed by atoms with Crippen LogP contribution in [-0.2, 0) is 11.3 Å². The Balaban J connectivity index is 1.71. The average molecular weight is 452 g/mol. The summed E-state index contributed by atoms with van der Waals surface area (Å²) in [6.45, 7) is 5.15. The van der Waals surface area contributed by atoms with Crippen LogP contribution in [0.5, 0.6) is 0 Å². The first kappa shape index (κ1) is 23.0. The number of amides is 1. The number of ether oxygens (including phenoxy) is 1.